The molecule has 1 fully saturated rings. The Morgan fingerprint density at radius 3 is 3.07 bits per heavy atom. The fourth-order valence-electron chi connectivity index (χ4n) is 3.39. The van der Waals surface area contributed by atoms with E-state index in [9.17, 15) is 14.3 Å². The van der Waals surface area contributed by atoms with Crippen LogP contribution in [0, 0.1) is 5.82 Å². The lowest BCUT2D eigenvalue weighted by Gasteiger charge is -2.42. The summed E-state index contributed by atoms with van der Waals surface area (Å²) >= 11 is 7.36. The first-order valence-electron chi connectivity index (χ1n) is 9.51. The summed E-state index contributed by atoms with van der Waals surface area (Å²) in [6.07, 6.45) is -0.162. The van der Waals surface area contributed by atoms with Crippen molar-refractivity contribution < 1.29 is 19.0 Å². The second kappa shape index (κ2) is 8.47. The molecular weight excluding hydrogens is 429 g/mol. The Morgan fingerprint density at radius 1 is 1.43 bits per heavy atom. The van der Waals surface area contributed by atoms with Crippen LogP contribution < -0.4 is 10.1 Å². The molecule has 9 heteroatoms. The number of piperidine rings is 1. The molecule has 0 radical (unpaired) electrons. The quantitative estimate of drug-likeness (QED) is 0.617. The second-order valence-corrected chi connectivity index (χ2v) is 9.05. The van der Waals surface area contributed by atoms with E-state index in [1.54, 1.807) is 25.1 Å². The summed E-state index contributed by atoms with van der Waals surface area (Å²) in [7, 11) is 0. The second-order valence-electron chi connectivity index (χ2n) is 7.59. The normalized spacial score (nSPS) is 22.2. The third-order valence-electron chi connectivity index (χ3n) is 5.09. The van der Waals surface area contributed by atoms with Crippen molar-refractivity contribution in [3.8, 4) is 5.75 Å². The molecule has 0 unspecified atom stereocenters. The van der Waals surface area contributed by atoms with E-state index in [0.29, 0.717) is 35.4 Å². The highest BCUT2D eigenvalue weighted by molar-refractivity contribution is 7.22. The van der Waals surface area contributed by atoms with E-state index >= 15 is 0 Å². The molecule has 1 amide bonds. The van der Waals surface area contributed by atoms with E-state index in [1.807, 2.05) is 17.0 Å². The van der Waals surface area contributed by atoms with Gasteiger partial charge >= 0.3 is 0 Å². The zero-order chi connectivity index (χ0) is 21.3. The number of likely N-dealkylation sites (tertiary alicyclic amines) is 1. The van der Waals surface area contributed by atoms with Crippen LogP contribution in [0.25, 0.3) is 10.2 Å². The highest BCUT2D eigenvalue weighted by Crippen LogP contribution is 2.29. The summed E-state index contributed by atoms with van der Waals surface area (Å²) in [5.41, 5.74) is -0.303. The minimum absolute atomic E-state index is 0.135. The van der Waals surface area contributed by atoms with Gasteiger partial charge in [0, 0.05) is 24.2 Å². The highest BCUT2D eigenvalue weighted by Gasteiger charge is 2.39. The van der Waals surface area contributed by atoms with Crippen molar-refractivity contribution in [1.29, 1.82) is 0 Å². The van der Waals surface area contributed by atoms with Gasteiger partial charge in [-0.2, -0.15) is 0 Å². The third kappa shape index (κ3) is 4.89. The molecule has 2 heterocycles. The molecule has 0 bridgehead atoms. The van der Waals surface area contributed by atoms with Crippen LogP contribution >= 0.6 is 22.9 Å². The Balaban J connectivity index is 1.39. The van der Waals surface area contributed by atoms with Gasteiger partial charge in [-0.1, -0.05) is 29.0 Å². The smallest absolute Gasteiger partial charge is 0.240 e. The molecule has 3 aromatic rings. The summed E-state index contributed by atoms with van der Waals surface area (Å²) in [5.74, 6) is -0.262. The van der Waals surface area contributed by atoms with Gasteiger partial charge in [-0.3, -0.25) is 9.69 Å². The fraction of sp³-hybridized carbons (Fsp3) is 0.333. The number of nitrogens with zero attached hydrogens (tertiary/aromatic N) is 2. The Hall–Kier alpha value is -2.26. The number of rotatable bonds is 5. The van der Waals surface area contributed by atoms with Crippen molar-refractivity contribution in [3.63, 3.8) is 0 Å². The van der Waals surface area contributed by atoms with Gasteiger partial charge < -0.3 is 15.2 Å². The summed E-state index contributed by atoms with van der Waals surface area (Å²) < 4.78 is 20.2. The van der Waals surface area contributed by atoms with E-state index < -0.39 is 17.5 Å². The van der Waals surface area contributed by atoms with E-state index in [1.165, 1.54) is 23.5 Å². The van der Waals surface area contributed by atoms with E-state index in [-0.39, 0.29) is 12.5 Å². The van der Waals surface area contributed by atoms with E-state index in [4.69, 9.17) is 16.3 Å². The van der Waals surface area contributed by atoms with Crippen LogP contribution in [0.1, 0.15) is 13.3 Å². The predicted octanol–water partition coefficient (Wildman–Crippen LogP) is 3.93. The Morgan fingerprint density at radius 2 is 2.27 bits per heavy atom. The average molecular weight is 450 g/mol. The van der Waals surface area contributed by atoms with Crippen LogP contribution in [0.3, 0.4) is 0 Å². The van der Waals surface area contributed by atoms with Crippen molar-refractivity contribution in [2.24, 2.45) is 0 Å². The van der Waals surface area contributed by atoms with Crippen LogP contribution in [0.15, 0.2) is 42.5 Å². The molecule has 1 aliphatic heterocycles. The third-order valence-corrected chi connectivity index (χ3v) is 6.26. The summed E-state index contributed by atoms with van der Waals surface area (Å²) in [4.78, 5) is 18.8. The van der Waals surface area contributed by atoms with Crippen LogP contribution in [0.2, 0.25) is 5.02 Å². The zero-order valence-electron chi connectivity index (χ0n) is 16.3. The molecule has 158 valence electrons. The molecule has 0 saturated carbocycles. The maximum atomic E-state index is 13.5. The van der Waals surface area contributed by atoms with Crippen LogP contribution in [0.4, 0.5) is 9.52 Å². The number of halogens is 2. The number of aromatic nitrogens is 1. The number of anilines is 1. The number of aliphatic hydroxyl groups is 1. The van der Waals surface area contributed by atoms with Crippen LogP contribution in [-0.4, -0.2) is 52.2 Å². The minimum Gasteiger partial charge on any atom is -0.486 e. The first kappa shape index (κ1) is 21.0. The number of fused-ring (bicyclic) bond motifs is 1. The number of amides is 1. The standard InChI is InChI=1S/C21H21ClFN3O3S/c1-21(28)7-8-26(11-18(21)29-15-4-2-3-14(23)10-15)12-19(27)25-20-24-16-6-5-13(22)9-17(16)30-20/h2-6,9-10,18,28H,7-8,11-12H2,1H3,(H,24,25,27)/t18-,21-/m0/s1. The number of ether oxygens (including phenoxy) is 1. The topological polar surface area (TPSA) is 74.7 Å². The number of thiazole rings is 1. The lowest BCUT2D eigenvalue weighted by molar-refractivity contribution is -0.122. The zero-order valence-corrected chi connectivity index (χ0v) is 17.8. The summed E-state index contributed by atoms with van der Waals surface area (Å²) in [5, 5.41) is 14.6. The van der Waals surface area contributed by atoms with Gasteiger partial charge in [-0.15, -0.1) is 0 Å². The molecule has 1 aliphatic rings. The van der Waals surface area contributed by atoms with Crippen molar-refractivity contribution in [2.75, 3.05) is 25.0 Å². The number of hydrogen-bond donors (Lipinski definition) is 2. The SMILES string of the molecule is C[C@]1(O)CCN(CC(=O)Nc2nc3ccc(Cl)cc3s2)C[C@@H]1Oc1cccc(F)c1. The van der Waals surface area contributed by atoms with Crippen molar-refractivity contribution in [2.45, 2.75) is 25.0 Å². The molecule has 1 saturated heterocycles. The number of benzene rings is 2. The van der Waals surface area contributed by atoms with Crippen molar-refractivity contribution in [1.82, 2.24) is 9.88 Å². The van der Waals surface area contributed by atoms with Gasteiger partial charge in [0.1, 0.15) is 23.3 Å². The van der Waals surface area contributed by atoms with Crippen molar-refractivity contribution in [3.05, 3.63) is 53.3 Å². The number of carbonyl (C=O) groups is 1. The highest BCUT2D eigenvalue weighted by atomic mass is 35.5. The maximum Gasteiger partial charge on any atom is 0.240 e. The molecule has 4 rings (SSSR count). The molecule has 0 aliphatic carbocycles. The number of nitrogens with one attached hydrogen (secondary N) is 1. The predicted molar refractivity (Wildman–Crippen MR) is 116 cm³/mol. The molecule has 2 aromatic carbocycles. The minimum atomic E-state index is -1.08. The van der Waals surface area contributed by atoms with Crippen LogP contribution in [-0.2, 0) is 4.79 Å². The fourth-order valence-corrected chi connectivity index (χ4v) is 4.55. The first-order chi connectivity index (χ1) is 14.3. The molecule has 0 spiro atoms. The summed E-state index contributed by atoms with van der Waals surface area (Å²) in [6.45, 7) is 2.71. The lowest BCUT2D eigenvalue weighted by Crippen LogP contribution is -2.57. The maximum absolute atomic E-state index is 13.5. The summed E-state index contributed by atoms with van der Waals surface area (Å²) in [6, 6.07) is 11.2. The van der Waals surface area contributed by atoms with Crippen LogP contribution in [0.5, 0.6) is 5.75 Å². The Bertz CT molecular complexity index is 1070. The van der Waals surface area contributed by atoms with E-state index in [2.05, 4.69) is 10.3 Å². The monoisotopic (exact) mass is 449 g/mol. The molecule has 1 aromatic heterocycles. The molecule has 6 nitrogen and oxygen atoms in total. The molecule has 2 atom stereocenters. The van der Waals surface area contributed by atoms with E-state index in [0.717, 1.165) is 10.2 Å². The Labute approximate surface area is 182 Å². The molecule has 2 N–H and O–H groups in total. The van der Waals surface area contributed by atoms with Gasteiger partial charge in [-0.05, 0) is 43.7 Å². The Kier molecular flexibility index (Phi) is 5.92. The van der Waals surface area contributed by atoms with Gasteiger partial charge in [0.2, 0.25) is 5.91 Å². The lowest BCUT2D eigenvalue weighted by atomic mass is 9.90. The molecule has 30 heavy (non-hydrogen) atoms. The van der Waals surface area contributed by atoms with Crippen molar-refractivity contribution >= 4 is 44.2 Å². The number of carbonyl (C=O) groups excluding carboxylic acids is 1. The van der Waals surface area contributed by atoms with Gasteiger partial charge in [0.15, 0.2) is 5.13 Å². The largest absolute Gasteiger partial charge is 0.486 e. The van der Waals surface area contributed by atoms with Gasteiger partial charge in [0.25, 0.3) is 0 Å². The van der Waals surface area contributed by atoms with Gasteiger partial charge in [0.05, 0.1) is 16.8 Å². The van der Waals surface area contributed by atoms with Gasteiger partial charge in [-0.25, -0.2) is 9.37 Å². The molecular formula is C21H21ClFN3O3S. The number of hydrogen-bond acceptors (Lipinski definition) is 6. The first-order valence-corrected chi connectivity index (χ1v) is 10.7. The average Bonchev–Trinajstić information content (AvgIpc) is 3.05.